The van der Waals surface area contributed by atoms with Gasteiger partial charge >= 0.3 is 5.97 Å². The summed E-state index contributed by atoms with van der Waals surface area (Å²) in [5.41, 5.74) is 1.39. The molecule has 5 nitrogen and oxygen atoms in total. The summed E-state index contributed by atoms with van der Waals surface area (Å²) in [4.78, 5) is 26.6. The molecule has 0 spiro atoms. The molecule has 1 fully saturated rings. The van der Waals surface area contributed by atoms with Gasteiger partial charge in [0.1, 0.15) is 4.88 Å². The number of carboxylic acid groups (broad SMARTS) is 1. The number of aliphatic hydroxyl groups excluding tert-OH is 1. The SMILES string of the molecule is O=C(O)c1ccc(CCCN2C(=O)CC[C@@H]2/C=C/[C@H](O)CCCCCCc2ccccc2)s1. The van der Waals surface area contributed by atoms with Crippen molar-refractivity contribution in [2.45, 2.75) is 76.4 Å². The maximum absolute atomic E-state index is 12.3. The van der Waals surface area contributed by atoms with Crippen LogP contribution in [0.1, 0.15) is 71.5 Å². The van der Waals surface area contributed by atoms with Crippen molar-refractivity contribution in [1.29, 1.82) is 0 Å². The lowest BCUT2D eigenvalue weighted by Gasteiger charge is -2.22. The molecule has 1 aliphatic heterocycles. The van der Waals surface area contributed by atoms with E-state index < -0.39 is 12.1 Å². The number of likely N-dealkylation sites (tertiary alicyclic amines) is 1. The summed E-state index contributed by atoms with van der Waals surface area (Å²) < 4.78 is 0. The van der Waals surface area contributed by atoms with Gasteiger partial charge in [-0.15, -0.1) is 11.3 Å². The van der Waals surface area contributed by atoms with Crippen LogP contribution in [0, 0.1) is 0 Å². The quantitative estimate of drug-likeness (QED) is 0.284. The van der Waals surface area contributed by atoms with E-state index in [9.17, 15) is 14.7 Å². The number of hydrogen-bond donors (Lipinski definition) is 2. The largest absolute Gasteiger partial charge is 0.477 e. The Kier molecular flexibility index (Phi) is 10.2. The third kappa shape index (κ3) is 8.45. The summed E-state index contributed by atoms with van der Waals surface area (Å²) >= 11 is 1.30. The van der Waals surface area contributed by atoms with Gasteiger partial charge < -0.3 is 15.1 Å². The van der Waals surface area contributed by atoms with Gasteiger partial charge in [0, 0.05) is 17.8 Å². The van der Waals surface area contributed by atoms with E-state index in [-0.39, 0.29) is 11.9 Å². The summed E-state index contributed by atoms with van der Waals surface area (Å²) in [6.45, 7) is 0.658. The van der Waals surface area contributed by atoms with Gasteiger partial charge in [0.2, 0.25) is 5.91 Å². The molecule has 2 N–H and O–H groups in total. The number of benzene rings is 1. The van der Waals surface area contributed by atoms with Crippen molar-refractivity contribution in [2.75, 3.05) is 6.54 Å². The Labute approximate surface area is 200 Å². The Morgan fingerprint density at radius 2 is 1.85 bits per heavy atom. The Morgan fingerprint density at radius 3 is 2.61 bits per heavy atom. The average molecular weight is 470 g/mol. The van der Waals surface area contributed by atoms with Crippen molar-refractivity contribution in [2.24, 2.45) is 0 Å². The number of aliphatic hydroxyl groups is 1. The molecule has 0 aliphatic carbocycles. The number of aryl methyl sites for hydroxylation is 2. The monoisotopic (exact) mass is 469 g/mol. The third-order valence-electron chi connectivity index (χ3n) is 6.18. The summed E-state index contributed by atoms with van der Waals surface area (Å²) in [6, 6.07) is 14.1. The molecular weight excluding hydrogens is 434 g/mol. The fourth-order valence-corrected chi connectivity index (χ4v) is 5.22. The van der Waals surface area contributed by atoms with Gasteiger partial charge in [-0.25, -0.2) is 4.79 Å². The van der Waals surface area contributed by atoms with Crippen LogP contribution in [0.4, 0.5) is 0 Å². The van der Waals surface area contributed by atoms with Crippen LogP contribution in [0.15, 0.2) is 54.6 Å². The van der Waals surface area contributed by atoms with Crippen LogP contribution in [0.25, 0.3) is 0 Å². The van der Waals surface area contributed by atoms with Crippen LogP contribution in [0.2, 0.25) is 0 Å². The molecule has 1 saturated heterocycles. The number of carboxylic acids is 1. The summed E-state index contributed by atoms with van der Waals surface area (Å²) in [6.07, 6.45) is 12.7. The molecule has 1 amide bonds. The first-order valence-electron chi connectivity index (χ1n) is 12.0. The van der Waals surface area contributed by atoms with Crippen LogP contribution in [0.5, 0.6) is 0 Å². The van der Waals surface area contributed by atoms with Crippen LogP contribution in [0.3, 0.4) is 0 Å². The lowest BCUT2D eigenvalue weighted by atomic mass is 10.0. The summed E-state index contributed by atoms with van der Waals surface area (Å²) in [7, 11) is 0. The first-order valence-corrected chi connectivity index (χ1v) is 12.9. The lowest BCUT2D eigenvalue weighted by molar-refractivity contribution is -0.128. The van der Waals surface area contributed by atoms with E-state index in [2.05, 4.69) is 24.3 Å². The predicted molar refractivity (Wildman–Crippen MR) is 133 cm³/mol. The van der Waals surface area contributed by atoms with Crippen molar-refractivity contribution < 1.29 is 19.8 Å². The maximum atomic E-state index is 12.3. The minimum absolute atomic E-state index is 0.0518. The molecule has 33 heavy (non-hydrogen) atoms. The third-order valence-corrected chi connectivity index (χ3v) is 7.32. The molecule has 1 aliphatic rings. The molecule has 1 aromatic heterocycles. The molecule has 0 unspecified atom stereocenters. The maximum Gasteiger partial charge on any atom is 0.345 e. The number of thiophene rings is 1. The normalized spacial score (nSPS) is 17.2. The molecule has 0 bridgehead atoms. The molecule has 2 aromatic rings. The van der Waals surface area contributed by atoms with Gasteiger partial charge in [0.05, 0.1) is 12.1 Å². The standard InChI is InChI=1S/C27H35NO4S/c29-23(12-7-2-1-4-9-21-10-5-3-6-11-21)16-14-22-15-19-26(30)28(22)20-8-13-24-17-18-25(33-24)27(31)32/h3,5-6,10-11,14,16-18,22-23,29H,1-2,4,7-9,12-13,15,19-20H2,(H,31,32)/b16-14+/t22-,23+/m0/s1. The van der Waals surface area contributed by atoms with E-state index >= 15 is 0 Å². The second-order valence-electron chi connectivity index (χ2n) is 8.76. The molecule has 1 aromatic carbocycles. The Hall–Kier alpha value is -2.44. The highest BCUT2D eigenvalue weighted by atomic mass is 32.1. The zero-order chi connectivity index (χ0) is 23.5. The molecule has 178 valence electrons. The molecule has 3 rings (SSSR count). The molecule has 0 saturated carbocycles. The van der Waals surface area contributed by atoms with Gasteiger partial charge in [-0.2, -0.15) is 0 Å². The number of unbranched alkanes of at least 4 members (excludes halogenated alkanes) is 3. The van der Waals surface area contributed by atoms with Crippen molar-refractivity contribution in [3.05, 3.63) is 69.9 Å². The van der Waals surface area contributed by atoms with E-state index in [4.69, 9.17) is 5.11 Å². The fraction of sp³-hybridized carbons (Fsp3) is 0.481. The summed E-state index contributed by atoms with van der Waals surface area (Å²) in [5, 5.41) is 19.4. The predicted octanol–water partition coefficient (Wildman–Crippen LogP) is 5.48. The van der Waals surface area contributed by atoms with Crippen LogP contribution >= 0.6 is 11.3 Å². The zero-order valence-electron chi connectivity index (χ0n) is 19.2. The average Bonchev–Trinajstić information content (AvgIpc) is 3.43. The summed E-state index contributed by atoms with van der Waals surface area (Å²) in [5.74, 6) is -0.730. The fourth-order valence-electron chi connectivity index (χ4n) is 4.33. The van der Waals surface area contributed by atoms with Crippen molar-refractivity contribution in [3.63, 3.8) is 0 Å². The van der Waals surface area contributed by atoms with Crippen LogP contribution in [-0.2, 0) is 17.6 Å². The number of carbonyl (C=O) groups is 2. The van der Waals surface area contributed by atoms with Crippen LogP contribution in [-0.4, -0.2) is 45.7 Å². The van der Waals surface area contributed by atoms with Crippen molar-refractivity contribution in [3.8, 4) is 0 Å². The Bertz CT molecular complexity index is 908. The second kappa shape index (κ2) is 13.3. The number of aromatic carboxylic acids is 1. The molecular formula is C27H35NO4S. The number of hydrogen-bond acceptors (Lipinski definition) is 4. The van der Waals surface area contributed by atoms with E-state index in [1.165, 1.54) is 29.7 Å². The lowest BCUT2D eigenvalue weighted by Crippen LogP contribution is -2.33. The van der Waals surface area contributed by atoms with Crippen molar-refractivity contribution >= 4 is 23.2 Å². The highest BCUT2D eigenvalue weighted by molar-refractivity contribution is 7.13. The Balaban J connectivity index is 1.32. The topological polar surface area (TPSA) is 77.8 Å². The molecule has 2 atom stereocenters. The zero-order valence-corrected chi connectivity index (χ0v) is 20.0. The van der Waals surface area contributed by atoms with E-state index in [0.29, 0.717) is 17.8 Å². The van der Waals surface area contributed by atoms with Gasteiger partial charge in [-0.3, -0.25) is 4.79 Å². The van der Waals surface area contributed by atoms with Crippen LogP contribution < -0.4 is 0 Å². The minimum Gasteiger partial charge on any atom is -0.477 e. The number of rotatable bonds is 14. The smallest absolute Gasteiger partial charge is 0.345 e. The second-order valence-corrected chi connectivity index (χ2v) is 9.93. The van der Waals surface area contributed by atoms with Gasteiger partial charge in [-0.1, -0.05) is 61.7 Å². The van der Waals surface area contributed by atoms with E-state index in [0.717, 1.165) is 49.8 Å². The Morgan fingerprint density at radius 1 is 1.06 bits per heavy atom. The highest BCUT2D eigenvalue weighted by Crippen LogP contribution is 2.23. The van der Waals surface area contributed by atoms with Gasteiger partial charge in [-0.05, 0) is 56.2 Å². The van der Waals surface area contributed by atoms with E-state index in [1.807, 2.05) is 29.2 Å². The van der Waals surface area contributed by atoms with Crippen molar-refractivity contribution in [1.82, 2.24) is 4.90 Å². The number of nitrogens with zero attached hydrogens (tertiary/aromatic N) is 1. The van der Waals surface area contributed by atoms with Gasteiger partial charge in [0.25, 0.3) is 0 Å². The van der Waals surface area contributed by atoms with E-state index in [1.54, 1.807) is 6.07 Å². The minimum atomic E-state index is -0.892. The number of carbonyl (C=O) groups excluding carboxylic acids is 1. The first kappa shape index (κ1) is 25.2. The highest BCUT2D eigenvalue weighted by Gasteiger charge is 2.28. The first-order chi connectivity index (χ1) is 16.0. The molecule has 6 heteroatoms. The molecule has 0 radical (unpaired) electrons. The number of amides is 1. The van der Waals surface area contributed by atoms with Gasteiger partial charge in [0.15, 0.2) is 0 Å². The molecule has 2 heterocycles.